The number of hydrogen-bond acceptors (Lipinski definition) is 3. The molecule has 4 nitrogen and oxygen atoms in total. The van der Waals surface area contributed by atoms with Gasteiger partial charge in [-0.25, -0.2) is 4.98 Å². The molecule has 1 aromatic heterocycles. The Morgan fingerprint density at radius 1 is 1.11 bits per heavy atom. The van der Waals surface area contributed by atoms with E-state index in [1.807, 2.05) is 6.92 Å². The van der Waals surface area contributed by atoms with Crippen molar-refractivity contribution < 1.29 is 4.79 Å². The van der Waals surface area contributed by atoms with Crippen molar-refractivity contribution in [3.63, 3.8) is 0 Å². The number of aromatic nitrogens is 1. The van der Waals surface area contributed by atoms with Gasteiger partial charge in [0.25, 0.3) is 0 Å². The first-order valence-corrected chi connectivity index (χ1v) is 9.50. The van der Waals surface area contributed by atoms with Crippen LogP contribution in [0.5, 0.6) is 0 Å². The molecule has 0 radical (unpaired) electrons. The maximum Gasteiger partial charge on any atom is 0.237 e. The molecule has 0 aliphatic carbocycles. The number of piperazine rings is 1. The van der Waals surface area contributed by atoms with E-state index in [1.54, 1.807) is 0 Å². The molecule has 0 bridgehead atoms. The molecular formula is C23H25N3O. The summed E-state index contributed by atoms with van der Waals surface area (Å²) in [6, 6.07) is 17.0. The Morgan fingerprint density at radius 3 is 2.74 bits per heavy atom. The van der Waals surface area contributed by atoms with Gasteiger partial charge < -0.3 is 5.32 Å². The Morgan fingerprint density at radius 2 is 1.93 bits per heavy atom. The molecule has 2 aromatic carbocycles. The largest absolute Gasteiger partial charge is 0.353 e. The zero-order valence-electron chi connectivity index (χ0n) is 16.1. The molecule has 1 atom stereocenters. The van der Waals surface area contributed by atoms with E-state index in [-0.39, 0.29) is 11.9 Å². The van der Waals surface area contributed by atoms with Crippen molar-refractivity contribution >= 4 is 16.8 Å². The predicted molar refractivity (Wildman–Crippen MR) is 110 cm³/mol. The number of carbonyl (C=O) groups is 1. The fourth-order valence-corrected chi connectivity index (χ4v) is 3.75. The fraction of sp³-hybridized carbons (Fsp3) is 0.304. The van der Waals surface area contributed by atoms with Gasteiger partial charge in [-0.05, 0) is 50.1 Å². The SMILES string of the molecule is Cc1cccc(-c2nc3cc(C)ccc3cc2CN2CCNC(=O)C2C)c1. The summed E-state index contributed by atoms with van der Waals surface area (Å²) in [5.74, 6) is 0.0997. The Balaban J connectivity index is 1.83. The highest BCUT2D eigenvalue weighted by Crippen LogP contribution is 2.28. The zero-order chi connectivity index (χ0) is 19.0. The minimum absolute atomic E-state index is 0.0997. The van der Waals surface area contributed by atoms with E-state index >= 15 is 0 Å². The molecule has 0 saturated carbocycles. The minimum Gasteiger partial charge on any atom is -0.353 e. The van der Waals surface area contributed by atoms with Gasteiger partial charge in [0, 0.05) is 30.6 Å². The van der Waals surface area contributed by atoms with Gasteiger partial charge in [-0.15, -0.1) is 0 Å². The number of nitrogens with zero attached hydrogens (tertiary/aromatic N) is 2. The highest BCUT2D eigenvalue weighted by molar-refractivity contribution is 5.84. The standard InChI is InChI=1S/C23H25N3O/c1-15-5-4-6-19(11-15)22-20(14-26-10-9-24-23(27)17(26)3)13-18-8-7-16(2)12-21(18)25-22/h4-8,11-13,17H,9-10,14H2,1-3H3,(H,24,27). The molecule has 1 fully saturated rings. The second-order valence-corrected chi connectivity index (χ2v) is 7.50. The van der Waals surface area contributed by atoms with E-state index in [4.69, 9.17) is 4.98 Å². The summed E-state index contributed by atoms with van der Waals surface area (Å²) in [7, 11) is 0. The Bertz CT molecular complexity index is 1010. The van der Waals surface area contributed by atoms with Gasteiger partial charge in [-0.2, -0.15) is 0 Å². The van der Waals surface area contributed by atoms with Crippen molar-refractivity contribution in [2.45, 2.75) is 33.4 Å². The summed E-state index contributed by atoms with van der Waals surface area (Å²) < 4.78 is 0. The van der Waals surface area contributed by atoms with Crippen LogP contribution in [-0.2, 0) is 11.3 Å². The highest BCUT2D eigenvalue weighted by Gasteiger charge is 2.26. The molecule has 1 unspecified atom stereocenters. The van der Waals surface area contributed by atoms with Crippen molar-refractivity contribution in [3.05, 3.63) is 65.2 Å². The van der Waals surface area contributed by atoms with Crippen molar-refractivity contribution in [2.75, 3.05) is 13.1 Å². The van der Waals surface area contributed by atoms with Crippen LogP contribution in [0.3, 0.4) is 0 Å². The van der Waals surface area contributed by atoms with Crippen molar-refractivity contribution in [1.29, 1.82) is 0 Å². The first-order chi connectivity index (χ1) is 13.0. The normalized spacial score (nSPS) is 17.9. The molecule has 27 heavy (non-hydrogen) atoms. The summed E-state index contributed by atoms with van der Waals surface area (Å²) in [6.45, 7) is 8.43. The third kappa shape index (κ3) is 3.58. The molecule has 1 amide bonds. The number of benzene rings is 2. The number of aryl methyl sites for hydroxylation is 2. The third-order valence-corrected chi connectivity index (χ3v) is 5.34. The molecule has 4 heteroatoms. The van der Waals surface area contributed by atoms with Gasteiger partial charge in [-0.1, -0.05) is 35.9 Å². The van der Waals surface area contributed by atoms with Gasteiger partial charge in [0.15, 0.2) is 0 Å². The Labute approximate surface area is 160 Å². The average Bonchev–Trinajstić information content (AvgIpc) is 2.65. The van der Waals surface area contributed by atoms with E-state index < -0.39 is 0 Å². The van der Waals surface area contributed by atoms with Gasteiger partial charge in [0.2, 0.25) is 5.91 Å². The van der Waals surface area contributed by atoms with E-state index in [1.165, 1.54) is 16.7 Å². The number of nitrogens with one attached hydrogen (secondary N) is 1. The number of pyridine rings is 1. The molecule has 3 aromatic rings. The topological polar surface area (TPSA) is 45.2 Å². The lowest BCUT2D eigenvalue weighted by Gasteiger charge is -2.33. The van der Waals surface area contributed by atoms with E-state index in [9.17, 15) is 4.79 Å². The van der Waals surface area contributed by atoms with Crippen LogP contribution in [0, 0.1) is 13.8 Å². The fourth-order valence-electron chi connectivity index (χ4n) is 3.75. The summed E-state index contributed by atoms with van der Waals surface area (Å²) >= 11 is 0. The Kier molecular flexibility index (Phi) is 4.66. The van der Waals surface area contributed by atoms with Gasteiger partial charge in [0.1, 0.15) is 0 Å². The molecule has 4 rings (SSSR count). The van der Waals surface area contributed by atoms with Crippen molar-refractivity contribution in [3.8, 4) is 11.3 Å². The van der Waals surface area contributed by atoms with Gasteiger partial charge in [0.05, 0.1) is 17.3 Å². The molecule has 1 aliphatic heterocycles. The maximum atomic E-state index is 12.1. The maximum absolute atomic E-state index is 12.1. The number of fused-ring (bicyclic) bond motifs is 1. The van der Waals surface area contributed by atoms with Crippen molar-refractivity contribution in [1.82, 2.24) is 15.2 Å². The van der Waals surface area contributed by atoms with Crippen molar-refractivity contribution in [2.24, 2.45) is 0 Å². The van der Waals surface area contributed by atoms with Crippen LogP contribution in [-0.4, -0.2) is 34.9 Å². The van der Waals surface area contributed by atoms with E-state index in [2.05, 4.69) is 72.6 Å². The molecular weight excluding hydrogens is 334 g/mol. The van der Waals surface area contributed by atoms with E-state index in [0.717, 1.165) is 28.7 Å². The quantitative estimate of drug-likeness (QED) is 0.773. The Hall–Kier alpha value is -2.72. The van der Waals surface area contributed by atoms with Crippen LogP contribution in [0.4, 0.5) is 0 Å². The van der Waals surface area contributed by atoms with Crippen LogP contribution < -0.4 is 5.32 Å². The minimum atomic E-state index is -0.127. The molecule has 1 N–H and O–H groups in total. The number of amides is 1. The molecule has 0 spiro atoms. The van der Waals surface area contributed by atoms with Crippen LogP contribution >= 0.6 is 0 Å². The van der Waals surface area contributed by atoms with Crippen LogP contribution in [0.25, 0.3) is 22.2 Å². The number of hydrogen-bond donors (Lipinski definition) is 1. The monoisotopic (exact) mass is 359 g/mol. The first kappa shape index (κ1) is 17.7. The lowest BCUT2D eigenvalue weighted by atomic mass is 10.00. The van der Waals surface area contributed by atoms with Crippen LogP contribution in [0.15, 0.2) is 48.5 Å². The lowest BCUT2D eigenvalue weighted by Crippen LogP contribution is -2.53. The second-order valence-electron chi connectivity index (χ2n) is 7.50. The molecule has 138 valence electrons. The predicted octanol–water partition coefficient (Wildman–Crippen LogP) is 3.84. The number of rotatable bonds is 3. The second kappa shape index (κ2) is 7.12. The first-order valence-electron chi connectivity index (χ1n) is 9.50. The average molecular weight is 359 g/mol. The summed E-state index contributed by atoms with van der Waals surface area (Å²) in [5.41, 5.74) is 6.74. The van der Waals surface area contributed by atoms with Gasteiger partial charge >= 0.3 is 0 Å². The van der Waals surface area contributed by atoms with Crippen LogP contribution in [0.1, 0.15) is 23.6 Å². The number of carbonyl (C=O) groups excluding carboxylic acids is 1. The smallest absolute Gasteiger partial charge is 0.237 e. The van der Waals surface area contributed by atoms with Gasteiger partial charge in [-0.3, -0.25) is 9.69 Å². The highest BCUT2D eigenvalue weighted by atomic mass is 16.2. The molecule has 1 aliphatic rings. The molecule has 2 heterocycles. The third-order valence-electron chi connectivity index (χ3n) is 5.34. The summed E-state index contributed by atoms with van der Waals surface area (Å²) in [5, 5.41) is 4.08. The van der Waals surface area contributed by atoms with E-state index in [0.29, 0.717) is 13.1 Å². The molecule has 1 saturated heterocycles. The van der Waals surface area contributed by atoms with Crippen LogP contribution in [0.2, 0.25) is 0 Å². The summed E-state index contributed by atoms with van der Waals surface area (Å²) in [6.07, 6.45) is 0. The lowest BCUT2D eigenvalue weighted by molar-refractivity contribution is -0.128. The summed E-state index contributed by atoms with van der Waals surface area (Å²) in [4.78, 5) is 19.3. The zero-order valence-corrected chi connectivity index (χ0v) is 16.1.